The number of nitrogens with one attached hydrogen (secondary N) is 1. The number of benzene rings is 1. The van der Waals surface area contributed by atoms with Gasteiger partial charge in [-0.25, -0.2) is 0 Å². The van der Waals surface area contributed by atoms with Crippen molar-refractivity contribution < 1.29 is 14.3 Å². The summed E-state index contributed by atoms with van der Waals surface area (Å²) in [7, 11) is 1.57. The molecule has 1 aromatic heterocycles. The number of ether oxygens (including phenoxy) is 2. The summed E-state index contributed by atoms with van der Waals surface area (Å²) in [6, 6.07) is 8.97. The molecule has 1 heterocycles. The predicted octanol–water partition coefficient (Wildman–Crippen LogP) is 3.14. The van der Waals surface area contributed by atoms with Gasteiger partial charge in [0.15, 0.2) is 18.1 Å². The van der Waals surface area contributed by atoms with Crippen LogP contribution in [0, 0.1) is 0 Å². The van der Waals surface area contributed by atoms with Crippen LogP contribution in [0.2, 0.25) is 0 Å². The predicted molar refractivity (Wildman–Crippen MR) is 86.1 cm³/mol. The molecule has 0 aliphatic heterocycles. The molecule has 0 unspecified atom stereocenters. The SMILES string of the molecule is CC=Cc1ccc(OCC(=O)Nc2ccncc2)c(OC)c1. The van der Waals surface area contributed by atoms with Gasteiger partial charge in [-0.2, -0.15) is 0 Å². The number of anilines is 1. The van der Waals surface area contributed by atoms with Gasteiger partial charge < -0.3 is 14.8 Å². The number of rotatable bonds is 6. The molecule has 1 aromatic carbocycles. The van der Waals surface area contributed by atoms with E-state index in [2.05, 4.69) is 10.3 Å². The van der Waals surface area contributed by atoms with Crippen LogP contribution < -0.4 is 14.8 Å². The molecule has 0 fully saturated rings. The number of carbonyl (C=O) groups is 1. The maximum Gasteiger partial charge on any atom is 0.262 e. The Morgan fingerprint density at radius 2 is 2.00 bits per heavy atom. The first-order valence-electron chi connectivity index (χ1n) is 6.86. The lowest BCUT2D eigenvalue weighted by molar-refractivity contribution is -0.118. The minimum absolute atomic E-state index is 0.0956. The molecule has 2 rings (SSSR count). The molecule has 1 amide bonds. The van der Waals surface area contributed by atoms with Gasteiger partial charge in [0.1, 0.15) is 0 Å². The van der Waals surface area contributed by atoms with E-state index in [-0.39, 0.29) is 12.5 Å². The third-order valence-electron chi connectivity index (χ3n) is 2.87. The van der Waals surface area contributed by atoms with Crippen LogP contribution in [0.1, 0.15) is 12.5 Å². The van der Waals surface area contributed by atoms with E-state index in [1.165, 1.54) is 0 Å². The Kier molecular flexibility index (Phi) is 5.54. The highest BCUT2D eigenvalue weighted by Crippen LogP contribution is 2.28. The molecule has 5 heteroatoms. The Morgan fingerprint density at radius 3 is 2.68 bits per heavy atom. The maximum absolute atomic E-state index is 11.8. The van der Waals surface area contributed by atoms with E-state index in [1.54, 1.807) is 37.7 Å². The van der Waals surface area contributed by atoms with Crippen molar-refractivity contribution in [1.29, 1.82) is 0 Å². The van der Waals surface area contributed by atoms with E-state index in [9.17, 15) is 4.79 Å². The second-order valence-corrected chi connectivity index (χ2v) is 4.48. The van der Waals surface area contributed by atoms with Gasteiger partial charge in [-0.15, -0.1) is 0 Å². The molecule has 0 aliphatic carbocycles. The number of nitrogens with zero attached hydrogens (tertiary/aromatic N) is 1. The van der Waals surface area contributed by atoms with Crippen LogP contribution in [-0.2, 0) is 4.79 Å². The van der Waals surface area contributed by atoms with Gasteiger partial charge in [-0.05, 0) is 36.8 Å². The Morgan fingerprint density at radius 1 is 1.23 bits per heavy atom. The Labute approximate surface area is 129 Å². The molecule has 0 spiro atoms. The molecule has 5 nitrogen and oxygen atoms in total. The Hall–Kier alpha value is -2.82. The van der Waals surface area contributed by atoms with Crippen molar-refractivity contribution in [2.45, 2.75) is 6.92 Å². The number of aromatic nitrogens is 1. The summed E-state index contributed by atoms with van der Waals surface area (Å²) in [6.45, 7) is 1.85. The number of methoxy groups -OCH3 is 1. The highest BCUT2D eigenvalue weighted by atomic mass is 16.5. The van der Waals surface area contributed by atoms with Crippen molar-refractivity contribution in [2.75, 3.05) is 19.0 Å². The number of hydrogen-bond donors (Lipinski definition) is 1. The lowest BCUT2D eigenvalue weighted by Gasteiger charge is -2.11. The van der Waals surface area contributed by atoms with E-state index >= 15 is 0 Å². The summed E-state index contributed by atoms with van der Waals surface area (Å²) >= 11 is 0. The van der Waals surface area contributed by atoms with Gasteiger partial charge in [-0.3, -0.25) is 9.78 Å². The number of allylic oxidation sites excluding steroid dienone is 1. The van der Waals surface area contributed by atoms with Crippen molar-refractivity contribution in [2.24, 2.45) is 0 Å². The van der Waals surface area contributed by atoms with E-state index in [1.807, 2.05) is 31.2 Å². The largest absolute Gasteiger partial charge is 0.493 e. The van der Waals surface area contributed by atoms with E-state index in [4.69, 9.17) is 9.47 Å². The summed E-state index contributed by atoms with van der Waals surface area (Å²) in [5, 5.41) is 2.73. The van der Waals surface area contributed by atoms with Crippen LogP contribution in [0.3, 0.4) is 0 Å². The molecule has 0 radical (unpaired) electrons. The third-order valence-corrected chi connectivity index (χ3v) is 2.87. The fraction of sp³-hybridized carbons (Fsp3) is 0.176. The van der Waals surface area contributed by atoms with E-state index < -0.39 is 0 Å². The molecule has 0 bridgehead atoms. The first-order valence-corrected chi connectivity index (χ1v) is 6.86. The molecule has 1 N–H and O–H groups in total. The van der Waals surface area contributed by atoms with Gasteiger partial charge >= 0.3 is 0 Å². The molecule has 0 saturated carbocycles. The standard InChI is InChI=1S/C17H18N2O3/c1-3-4-13-5-6-15(16(11-13)21-2)22-12-17(20)19-14-7-9-18-10-8-14/h3-11H,12H2,1-2H3,(H,18,19,20). The lowest BCUT2D eigenvalue weighted by Crippen LogP contribution is -2.20. The number of pyridine rings is 1. The molecule has 2 aromatic rings. The minimum atomic E-state index is -0.245. The van der Waals surface area contributed by atoms with Crippen molar-refractivity contribution in [3.8, 4) is 11.5 Å². The van der Waals surface area contributed by atoms with Crippen molar-refractivity contribution in [1.82, 2.24) is 4.98 Å². The Bertz CT molecular complexity index is 654. The number of amides is 1. The smallest absolute Gasteiger partial charge is 0.262 e. The highest BCUT2D eigenvalue weighted by Gasteiger charge is 2.08. The molecular formula is C17H18N2O3. The highest BCUT2D eigenvalue weighted by molar-refractivity contribution is 5.91. The van der Waals surface area contributed by atoms with Crippen LogP contribution in [0.5, 0.6) is 11.5 Å². The monoisotopic (exact) mass is 298 g/mol. The zero-order valence-electron chi connectivity index (χ0n) is 12.6. The summed E-state index contributed by atoms with van der Waals surface area (Å²) in [5.41, 5.74) is 1.69. The average Bonchev–Trinajstić information content (AvgIpc) is 2.54. The van der Waals surface area contributed by atoms with Crippen LogP contribution in [0.15, 0.2) is 48.8 Å². The van der Waals surface area contributed by atoms with Crippen molar-refractivity contribution in [3.63, 3.8) is 0 Å². The second-order valence-electron chi connectivity index (χ2n) is 4.48. The first-order chi connectivity index (χ1) is 10.7. The number of hydrogen-bond acceptors (Lipinski definition) is 4. The summed E-state index contributed by atoms with van der Waals surface area (Å²) in [5.74, 6) is 0.874. The summed E-state index contributed by atoms with van der Waals surface area (Å²) in [4.78, 5) is 15.7. The van der Waals surface area contributed by atoms with Crippen LogP contribution >= 0.6 is 0 Å². The average molecular weight is 298 g/mol. The Balaban J connectivity index is 1.97. The molecular weight excluding hydrogens is 280 g/mol. The third kappa shape index (κ3) is 4.34. The molecule has 0 aliphatic rings. The van der Waals surface area contributed by atoms with Gasteiger partial charge in [0, 0.05) is 18.1 Å². The van der Waals surface area contributed by atoms with Crippen molar-refractivity contribution in [3.05, 3.63) is 54.4 Å². The molecule has 0 saturated heterocycles. The fourth-order valence-electron chi connectivity index (χ4n) is 1.88. The minimum Gasteiger partial charge on any atom is -0.493 e. The van der Waals surface area contributed by atoms with Crippen LogP contribution in [-0.4, -0.2) is 24.6 Å². The number of carbonyl (C=O) groups excluding carboxylic acids is 1. The topological polar surface area (TPSA) is 60.5 Å². The molecule has 114 valence electrons. The van der Waals surface area contributed by atoms with E-state index in [0.717, 1.165) is 5.56 Å². The summed E-state index contributed by atoms with van der Waals surface area (Å²) in [6.07, 6.45) is 7.12. The summed E-state index contributed by atoms with van der Waals surface area (Å²) < 4.78 is 10.8. The van der Waals surface area contributed by atoms with Gasteiger partial charge in [0.25, 0.3) is 5.91 Å². The lowest BCUT2D eigenvalue weighted by atomic mass is 10.2. The first kappa shape index (κ1) is 15.6. The zero-order valence-corrected chi connectivity index (χ0v) is 12.6. The van der Waals surface area contributed by atoms with Crippen LogP contribution in [0.25, 0.3) is 6.08 Å². The van der Waals surface area contributed by atoms with Crippen molar-refractivity contribution >= 4 is 17.7 Å². The zero-order chi connectivity index (χ0) is 15.8. The van der Waals surface area contributed by atoms with E-state index in [0.29, 0.717) is 17.2 Å². The second kappa shape index (κ2) is 7.83. The van der Waals surface area contributed by atoms with Gasteiger partial charge in [0.05, 0.1) is 7.11 Å². The van der Waals surface area contributed by atoms with Crippen LogP contribution in [0.4, 0.5) is 5.69 Å². The van der Waals surface area contributed by atoms with Gasteiger partial charge in [0.2, 0.25) is 0 Å². The fourth-order valence-corrected chi connectivity index (χ4v) is 1.88. The quantitative estimate of drug-likeness (QED) is 0.890. The molecule has 22 heavy (non-hydrogen) atoms. The maximum atomic E-state index is 11.8. The molecule has 0 atom stereocenters. The normalized spacial score (nSPS) is 10.5. The van der Waals surface area contributed by atoms with Gasteiger partial charge in [-0.1, -0.05) is 18.2 Å².